The van der Waals surface area contributed by atoms with Gasteiger partial charge in [0, 0.05) is 61.1 Å². The molecule has 0 aliphatic carbocycles. The first-order valence-electron chi connectivity index (χ1n) is 10.8. The van der Waals surface area contributed by atoms with Crippen LogP contribution in [0.25, 0.3) is 22.2 Å². The van der Waals surface area contributed by atoms with Crippen molar-refractivity contribution in [1.29, 1.82) is 0 Å². The third kappa shape index (κ3) is 4.48. The molecule has 0 atom stereocenters. The third-order valence-electron chi connectivity index (χ3n) is 5.57. The topological polar surface area (TPSA) is 112 Å². The Morgan fingerprint density at radius 2 is 1.97 bits per heavy atom. The Morgan fingerprint density at radius 1 is 1.18 bits per heavy atom. The van der Waals surface area contributed by atoms with E-state index in [-0.39, 0.29) is 5.69 Å². The molecule has 0 saturated carbocycles. The summed E-state index contributed by atoms with van der Waals surface area (Å²) in [6, 6.07) is 13.0. The number of nitrogens with zero attached hydrogens (tertiary/aromatic N) is 5. The largest absolute Gasteiger partial charge is 0.494 e. The summed E-state index contributed by atoms with van der Waals surface area (Å²) in [5.74, 6) is 0.907. The van der Waals surface area contributed by atoms with E-state index in [1.165, 1.54) is 13.2 Å². The van der Waals surface area contributed by atoms with E-state index in [4.69, 9.17) is 9.72 Å². The van der Waals surface area contributed by atoms with Crippen LogP contribution < -0.4 is 15.0 Å². The number of nitrogens with one attached hydrogen (secondary N) is 2. The van der Waals surface area contributed by atoms with Gasteiger partial charge in [0.1, 0.15) is 11.4 Å². The maximum Gasteiger partial charge on any atom is 0.294 e. The lowest BCUT2D eigenvalue weighted by Crippen LogP contribution is -2.30. The summed E-state index contributed by atoms with van der Waals surface area (Å²) >= 11 is 0. The highest BCUT2D eigenvalue weighted by Gasteiger charge is 2.24. The number of methoxy groups -OCH3 is 1. The van der Waals surface area contributed by atoms with Crippen molar-refractivity contribution in [2.75, 3.05) is 51.6 Å². The van der Waals surface area contributed by atoms with Crippen LogP contribution >= 0.6 is 0 Å². The Labute approximate surface area is 197 Å². The molecule has 0 aliphatic rings. The second-order valence-corrected chi connectivity index (χ2v) is 7.99. The van der Waals surface area contributed by atoms with Gasteiger partial charge < -0.3 is 24.8 Å². The quantitative estimate of drug-likeness (QED) is 0.281. The number of fused-ring (bicyclic) bond motifs is 1. The number of aromatic nitrogens is 3. The molecule has 2 aromatic carbocycles. The van der Waals surface area contributed by atoms with Gasteiger partial charge in [-0.15, -0.1) is 0 Å². The summed E-state index contributed by atoms with van der Waals surface area (Å²) in [5, 5.41) is 15.7. The second kappa shape index (κ2) is 9.75. The molecule has 0 bridgehead atoms. The lowest BCUT2D eigenvalue weighted by molar-refractivity contribution is -0.383. The Morgan fingerprint density at radius 3 is 2.68 bits per heavy atom. The molecular weight excluding hydrogens is 434 g/mol. The molecule has 34 heavy (non-hydrogen) atoms. The number of para-hydroxylation sites is 1. The minimum Gasteiger partial charge on any atom is -0.494 e. The Hall–Kier alpha value is -4.18. The number of ether oxygens (including phenoxy) is 1. The molecule has 0 amide bonds. The molecule has 2 N–H and O–H groups in total. The van der Waals surface area contributed by atoms with Crippen molar-refractivity contribution < 1.29 is 9.66 Å². The van der Waals surface area contributed by atoms with Gasteiger partial charge in [-0.05, 0) is 26.2 Å². The first-order valence-corrected chi connectivity index (χ1v) is 10.8. The summed E-state index contributed by atoms with van der Waals surface area (Å²) in [5.41, 5.74) is 3.55. The van der Waals surface area contributed by atoms with E-state index in [2.05, 4.69) is 15.3 Å². The van der Waals surface area contributed by atoms with Crippen LogP contribution in [0.4, 0.5) is 23.0 Å². The van der Waals surface area contributed by atoms with Crippen molar-refractivity contribution in [3.05, 3.63) is 65.0 Å². The molecule has 0 aliphatic heterocycles. The van der Waals surface area contributed by atoms with E-state index < -0.39 is 4.92 Å². The van der Waals surface area contributed by atoms with Crippen LogP contribution in [0.15, 0.2) is 54.9 Å². The third-order valence-corrected chi connectivity index (χ3v) is 5.57. The SMILES string of the molecule is CNc1cc(OC)c(N(CCN(C)C)c2nccc(-c3c[nH]c4ccccc34)n2)cc1[N+](=O)[O-]. The zero-order valence-electron chi connectivity index (χ0n) is 19.6. The van der Waals surface area contributed by atoms with Gasteiger partial charge in [0.2, 0.25) is 5.95 Å². The number of H-pyrrole nitrogens is 1. The molecule has 10 nitrogen and oxygen atoms in total. The summed E-state index contributed by atoms with van der Waals surface area (Å²) in [4.78, 5) is 27.9. The highest BCUT2D eigenvalue weighted by Crippen LogP contribution is 2.40. The summed E-state index contributed by atoms with van der Waals surface area (Å²) in [6.45, 7) is 1.17. The van der Waals surface area contributed by atoms with Crippen molar-refractivity contribution in [2.24, 2.45) is 0 Å². The predicted molar refractivity (Wildman–Crippen MR) is 134 cm³/mol. The van der Waals surface area contributed by atoms with E-state index in [0.717, 1.165) is 22.2 Å². The standard InChI is InChI=1S/C24H27N7O3/c1-25-20-13-23(34-4)22(14-21(20)31(32)33)30(12-11-29(2)3)24-26-10-9-19(28-24)17-15-27-18-8-6-5-7-16(17)18/h5-10,13-15,25,27H,11-12H2,1-4H3. The van der Waals surface area contributed by atoms with Crippen LogP contribution in [0.5, 0.6) is 5.75 Å². The Bertz CT molecular complexity index is 1320. The molecule has 2 aromatic heterocycles. The first-order chi connectivity index (χ1) is 16.4. The van der Waals surface area contributed by atoms with E-state index in [9.17, 15) is 10.1 Å². The molecule has 4 rings (SSSR count). The normalized spacial score (nSPS) is 11.1. The van der Waals surface area contributed by atoms with Crippen molar-refractivity contribution in [3.63, 3.8) is 0 Å². The average Bonchev–Trinajstić information content (AvgIpc) is 3.28. The number of benzene rings is 2. The van der Waals surface area contributed by atoms with Crippen molar-refractivity contribution in [2.45, 2.75) is 0 Å². The number of hydrogen-bond acceptors (Lipinski definition) is 8. The van der Waals surface area contributed by atoms with E-state index >= 15 is 0 Å². The summed E-state index contributed by atoms with van der Waals surface area (Å²) in [7, 11) is 7.10. The van der Waals surface area contributed by atoms with Gasteiger partial charge in [-0.1, -0.05) is 18.2 Å². The van der Waals surface area contributed by atoms with Crippen molar-refractivity contribution >= 4 is 33.9 Å². The molecule has 0 spiro atoms. The molecule has 10 heteroatoms. The molecule has 176 valence electrons. The molecular formula is C24H27N7O3. The predicted octanol–water partition coefficient (Wildman–Crippen LogP) is 4.28. The van der Waals surface area contributed by atoms with E-state index in [0.29, 0.717) is 36.2 Å². The number of aromatic amines is 1. The lowest BCUT2D eigenvalue weighted by atomic mass is 10.1. The molecule has 2 heterocycles. The lowest BCUT2D eigenvalue weighted by Gasteiger charge is -2.26. The monoisotopic (exact) mass is 461 g/mol. The maximum atomic E-state index is 11.8. The van der Waals surface area contributed by atoms with Gasteiger partial charge in [0.15, 0.2) is 0 Å². The fourth-order valence-electron chi connectivity index (χ4n) is 3.82. The second-order valence-electron chi connectivity index (χ2n) is 7.99. The zero-order chi connectivity index (χ0) is 24.2. The average molecular weight is 462 g/mol. The minimum atomic E-state index is -0.415. The van der Waals surface area contributed by atoms with Gasteiger partial charge in [0.25, 0.3) is 5.69 Å². The van der Waals surface area contributed by atoms with E-state index in [1.54, 1.807) is 19.3 Å². The molecule has 0 saturated heterocycles. The van der Waals surface area contributed by atoms with Gasteiger partial charge >= 0.3 is 0 Å². The van der Waals surface area contributed by atoms with Crippen LogP contribution in [0.2, 0.25) is 0 Å². The number of rotatable bonds is 9. The molecule has 0 fully saturated rings. The Balaban J connectivity index is 1.85. The number of hydrogen-bond donors (Lipinski definition) is 2. The molecule has 0 radical (unpaired) electrons. The van der Waals surface area contributed by atoms with Crippen LogP contribution in [0, 0.1) is 10.1 Å². The van der Waals surface area contributed by atoms with E-state index in [1.807, 2.05) is 60.4 Å². The van der Waals surface area contributed by atoms with Crippen LogP contribution in [0.3, 0.4) is 0 Å². The number of anilines is 3. The van der Waals surface area contributed by atoms with Crippen LogP contribution in [0.1, 0.15) is 0 Å². The summed E-state index contributed by atoms with van der Waals surface area (Å²) < 4.78 is 5.61. The first kappa shape index (κ1) is 23.0. The zero-order valence-corrected chi connectivity index (χ0v) is 19.6. The highest BCUT2D eigenvalue weighted by atomic mass is 16.6. The van der Waals surface area contributed by atoms with Crippen molar-refractivity contribution in [3.8, 4) is 17.0 Å². The van der Waals surface area contributed by atoms with Gasteiger partial charge in [-0.3, -0.25) is 10.1 Å². The fourth-order valence-corrected chi connectivity index (χ4v) is 3.82. The smallest absolute Gasteiger partial charge is 0.294 e. The van der Waals surface area contributed by atoms with Gasteiger partial charge in [0.05, 0.1) is 23.4 Å². The molecule has 4 aromatic rings. The molecule has 0 unspecified atom stereocenters. The van der Waals surface area contributed by atoms with Gasteiger partial charge in [-0.2, -0.15) is 0 Å². The maximum absolute atomic E-state index is 11.8. The minimum absolute atomic E-state index is 0.0547. The van der Waals surface area contributed by atoms with Crippen LogP contribution in [-0.2, 0) is 0 Å². The highest BCUT2D eigenvalue weighted by molar-refractivity contribution is 5.94. The number of likely N-dealkylation sites (N-methyl/N-ethyl adjacent to an activating group) is 1. The fraction of sp³-hybridized carbons (Fsp3) is 0.250. The van der Waals surface area contributed by atoms with Crippen molar-refractivity contribution in [1.82, 2.24) is 19.9 Å². The number of nitro benzene ring substituents is 1. The Kier molecular flexibility index (Phi) is 6.60. The van der Waals surface area contributed by atoms with Crippen LogP contribution in [-0.4, -0.2) is 66.1 Å². The van der Waals surface area contributed by atoms with Gasteiger partial charge in [-0.25, -0.2) is 9.97 Å². The summed E-state index contributed by atoms with van der Waals surface area (Å²) in [6.07, 6.45) is 3.62. The number of nitro groups is 1.